The second-order valence-corrected chi connectivity index (χ2v) is 11.4. The minimum atomic E-state index is -5.81. The van der Waals surface area contributed by atoms with E-state index in [1.54, 1.807) is 12.1 Å². The molecule has 2 unspecified atom stereocenters. The molecule has 0 aliphatic rings. The fraction of sp³-hybridized carbons (Fsp3) is 0.0667. The monoisotopic (exact) mass is 496 g/mol. The molecule has 2 aromatic carbocycles. The predicted molar refractivity (Wildman–Crippen MR) is 93.4 cm³/mol. The summed E-state index contributed by atoms with van der Waals surface area (Å²) in [5.74, 6) is -2.82. The van der Waals surface area contributed by atoms with E-state index in [1.807, 2.05) is 0 Å². The summed E-state index contributed by atoms with van der Waals surface area (Å²) in [6.07, 6.45) is 0. The van der Waals surface area contributed by atoms with Gasteiger partial charge in [0.25, 0.3) is 3.82 Å². The summed E-state index contributed by atoms with van der Waals surface area (Å²) in [4.78, 5) is 48.0. The van der Waals surface area contributed by atoms with Crippen LogP contribution in [0.25, 0.3) is 0 Å². The molecule has 0 aliphatic carbocycles. The molecule has 0 radical (unpaired) electrons. The molecule has 2 atom stereocenters. The van der Waals surface area contributed by atoms with Crippen LogP contribution >= 0.6 is 38.4 Å². The molecule has 0 N–H and O–H groups in total. The average Bonchev–Trinajstić information content (AvgIpc) is 2.62. The largest absolute Gasteiger partial charge is 1.00 e. The topological polar surface area (TPSA) is 133 Å². The van der Waals surface area contributed by atoms with Crippen LogP contribution in [-0.2, 0) is 18.2 Å². The average molecular weight is 497 g/mol. The molecule has 0 fully saturated rings. The van der Waals surface area contributed by atoms with Crippen LogP contribution in [0.15, 0.2) is 60.7 Å². The second kappa shape index (κ2) is 11.8. The van der Waals surface area contributed by atoms with E-state index >= 15 is 0 Å². The van der Waals surface area contributed by atoms with Crippen molar-refractivity contribution in [1.82, 2.24) is 0 Å². The van der Waals surface area contributed by atoms with Gasteiger partial charge in [0, 0.05) is 0 Å². The van der Waals surface area contributed by atoms with Gasteiger partial charge in [-0.3, -0.25) is 9.13 Å². The van der Waals surface area contributed by atoms with Gasteiger partial charge in [-0.05, 0) is 24.3 Å². The van der Waals surface area contributed by atoms with Crippen LogP contribution in [0.1, 0.15) is 20.7 Å². The van der Waals surface area contributed by atoms with E-state index in [1.165, 1.54) is 48.5 Å². The van der Waals surface area contributed by atoms with Crippen LogP contribution in [0.5, 0.6) is 0 Å². The van der Waals surface area contributed by atoms with Gasteiger partial charge in [-0.2, -0.15) is 0 Å². The third-order valence-corrected chi connectivity index (χ3v) is 9.17. The Kier molecular flexibility index (Phi) is 12.0. The summed E-state index contributed by atoms with van der Waals surface area (Å²) in [6, 6.07) is 13.7. The smallest absolute Gasteiger partial charge is 0.766 e. The fourth-order valence-corrected chi connectivity index (χ4v) is 4.46. The van der Waals surface area contributed by atoms with Crippen molar-refractivity contribution in [2.24, 2.45) is 0 Å². The Morgan fingerprint density at radius 1 is 0.724 bits per heavy atom. The molecule has 0 saturated heterocycles. The minimum Gasteiger partial charge on any atom is -0.766 e. The van der Waals surface area contributed by atoms with E-state index < -0.39 is 30.9 Å². The Balaban J connectivity index is 0.00000392. The zero-order valence-electron chi connectivity index (χ0n) is 15.2. The number of carbonyl (C=O) groups excluding carboxylic acids is 2. The maximum absolute atomic E-state index is 12.2. The van der Waals surface area contributed by atoms with E-state index in [-0.39, 0.29) is 70.2 Å². The molecule has 2 aromatic rings. The van der Waals surface area contributed by atoms with Gasteiger partial charge in [0.1, 0.15) is 0 Å². The van der Waals surface area contributed by atoms with E-state index in [4.69, 9.17) is 23.2 Å². The summed E-state index contributed by atoms with van der Waals surface area (Å²) >= 11 is 10.9. The van der Waals surface area contributed by atoms with Crippen molar-refractivity contribution in [1.29, 1.82) is 0 Å². The number of carbonyl (C=O) groups is 2. The molecule has 14 heteroatoms. The molecule has 0 bridgehead atoms. The molecule has 0 aromatic heterocycles. The second-order valence-electron chi connectivity index (χ2n) is 4.99. The van der Waals surface area contributed by atoms with Crippen molar-refractivity contribution in [3.05, 3.63) is 71.8 Å². The number of alkyl halides is 2. The Bertz CT molecular complexity index is 868. The van der Waals surface area contributed by atoms with Gasteiger partial charge < -0.3 is 18.8 Å². The third-order valence-electron chi connectivity index (χ3n) is 3.08. The first-order valence-corrected chi connectivity index (χ1v) is 10.9. The van der Waals surface area contributed by atoms with E-state index in [0.29, 0.717) is 0 Å². The number of benzene rings is 2. The zero-order chi connectivity index (χ0) is 20.3. The third kappa shape index (κ3) is 7.18. The van der Waals surface area contributed by atoms with Crippen molar-refractivity contribution < 1.29 is 96.7 Å². The summed E-state index contributed by atoms with van der Waals surface area (Å²) in [7, 11) is -11.6. The van der Waals surface area contributed by atoms with Gasteiger partial charge in [-0.25, -0.2) is 9.59 Å². The molecule has 0 saturated carbocycles. The van der Waals surface area contributed by atoms with Crippen LogP contribution in [0.3, 0.4) is 0 Å². The molecule has 144 valence electrons. The summed E-state index contributed by atoms with van der Waals surface area (Å²) in [5, 5.41) is 0. The Hall–Kier alpha value is 0.340. The van der Waals surface area contributed by atoms with Gasteiger partial charge >= 0.3 is 71.1 Å². The fourth-order valence-electron chi connectivity index (χ4n) is 1.73. The van der Waals surface area contributed by atoms with Crippen molar-refractivity contribution in [3.63, 3.8) is 0 Å². The molecule has 8 nitrogen and oxygen atoms in total. The SMILES string of the molecule is O=C(OP(=O)([O-])C(Cl)(Cl)P(=O)([O-])OC(=O)c1ccccc1)c1ccccc1.[Na+].[Na+]. The zero-order valence-corrected chi connectivity index (χ0v) is 22.5. The van der Waals surface area contributed by atoms with Crippen molar-refractivity contribution >= 4 is 50.3 Å². The van der Waals surface area contributed by atoms with Gasteiger partial charge in [-0.1, -0.05) is 59.6 Å². The Morgan fingerprint density at radius 3 is 1.28 bits per heavy atom. The van der Waals surface area contributed by atoms with Crippen molar-refractivity contribution in [2.75, 3.05) is 0 Å². The summed E-state index contributed by atoms with van der Waals surface area (Å²) in [6.45, 7) is 0. The molecule has 0 aliphatic heterocycles. The van der Waals surface area contributed by atoms with Gasteiger partial charge in [0.05, 0.1) is 11.1 Å². The van der Waals surface area contributed by atoms with Crippen LogP contribution in [0.2, 0.25) is 0 Å². The van der Waals surface area contributed by atoms with Gasteiger partial charge in [0.15, 0.2) is 0 Å². The molecular weight excluding hydrogens is 487 g/mol. The van der Waals surface area contributed by atoms with Gasteiger partial charge in [-0.15, -0.1) is 0 Å². The maximum atomic E-state index is 12.2. The minimum absolute atomic E-state index is 0. The van der Waals surface area contributed by atoms with Crippen LogP contribution in [-0.4, -0.2) is 15.8 Å². The summed E-state index contributed by atoms with van der Waals surface area (Å²) < 4.78 is 29.0. The first kappa shape index (κ1) is 29.3. The molecule has 2 rings (SSSR count). The number of hydrogen-bond donors (Lipinski definition) is 0. The van der Waals surface area contributed by atoms with Crippen LogP contribution < -0.4 is 68.9 Å². The van der Waals surface area contributed by atoms with Crippen molar-refractivity contribution in [2.45, 2.75) is 3.82 Å². The number of rotatable bonds is 6. The van der Waals surface area contributed by atoms with E-state index in [2.05, 4.69) is 9.05 Å². The standard InChI is InChI=1S/C15H12Cl2O8P2.2Na/c16-15(17,26(20,21)24-13(18)11-7-3-1-4-8-11)27(22,23)25-14(19)12-9-5-2-6-10-12;;/h1-10H,(H,20,21)(H,22,23);;/q;2*+1/p-2. The molecule has 29 heavy (non-hydrogen) atoms. The number of hydrogen-bond acceptors (Lipinski definition) is 8. The quantitative estimate of drug-likeness (QED) is 0.233. The number of halogens is 2. The molecule has 0 spiro atoms. The summed E-state index contributed by atoms with van der Waals surface area (Å²) in [5.41, 5.74) is -0.389. The van der Waals surface area contributed by atoms with Crippen LogP contribution in [0.4, 0.5) is 0 Å². The predicted octanol–water partition coefficient (Wildman–Crippen LogP) is -3.10. The first-order valence-electron chi connectivity index (χ1n) is 7.06. The van der Waals surface area contributed by atoms with Crippen molar-refractivity contribution in [3.8, 4) is 0 Å². The molecule has 0 amide bonds. The normalized spacial score (nSPS) is 14.8. The van der Waals surface area contributed by atoms with Crippen LogP contribution in [0, 0.1) is 0 Å². The molecule has 0 heterocycles. The first-order chi connectivity index (χ1) is 12.5. The maximum Gasteiger partial charge on any atom is 1.00 e. The van der Waals surface area contributed by atoms with E-state index in [9.17, 15) is 28.5 Å². The van der Waals surface area contributed by atoms with Gasteiger partial charge in [0.2, 0.25) is 15.2 Å². The molecular formula is C15H10Cl2Na2O8P2. The Labute approximate surface area is 220 Å². The Morgan fingerprint density at radius 2 is 1.00 bits per heavy atom. The van der Waals surface area contributed by atoms with E-state index in [0.717, 1.165) is 0 Å².